The number of pyridine rings is 1. The number of esters is 1. The summed E-state index contributed by atoms with van der Waals surface area (Å²) in [5.74, 6) is 0.845. The van der Waals surface area contributed by atoms with Crippen molar-refractivity contribution in [3.05, 3.63) is 113 Å². The van der Waals surface area contributed by atoms with Crippen LogP contribution in [0.3, 0.4) is 0 Å². The molecule has 46 heavy (non-hydrogen) atoms. The molecule has 4 aromatic carbocycles. The molecule has 0 saturated carbocycles. The number of hydrogen-bond donors (Lipinski definition) is 2. The molecule has 8 nitrogen and oxygen atoms in total. The van der Waals surface area contributed by atoms with Gasteiger partial charge < -0.3 is 25.3 Å². The largest absolute Gasteiger partial charge is 0.496 e. The van der Waals surface area contributed by atoms with E-state index in [9.17, 15) is 9.59 Å². The minimum Gasteiger partial charge on any atom is -0.496 e. The Bertz CT molecular complexity index is 2180. The summed E-state index contributed by atoms with van der Waals surface area (Å²) < 4.78 is 17.2. The Kier molecular flexibility index (Phi) is 7.38. The number of aromatic nitrogens is 1. The average Bonchev–Trinajstić information content (AvgIpc) is 3.62. The second-order valence-electron chi connectivity index (χ2n) is 11.0. The van der Waals surface area contributed by atoms with E-state index in [4.69, 9.17) is 19.9 Å². The minimum absolute atomic E-state index is 0.306. The summed E-state index contributed by atoms with van der Waals surface area (Å²) in [6.45, 7) is 2.32. The second kappa shape index (κ2) is 11.7. The first kappa shape index (κ1) is 29.1. The number of rotatable bonds is 6. The van der Waals surface area contributed by atoms with Gasteiger partial charge in [0.2, 0.25) is 0 Å². The molecule has 0 bridgehead atoms. The molecule has 0 radical (unpaired) electrons. The fraction of sp³-hybridized carbons (Fsp3) is 0.108. The van der Waals surface area contributed by atoms with Gasteiger partial charge in [0, 0.05) is 38.8 Å². The fourth-order valence-corrected chi connectivity index (χ4v) is 6.66. The number of benzene rings is 4. The molecular weight excluding hydrogens is 598 g/mol. The molecule has 0 fully saturated rings. The molecule has 3 heterocycles. The zero-order chi connectivity index (χ0) is 31.9. The molecule has 0 unspecified atom stereocenters. The molecule has 3 N–H and O–H groups in total. The number of nitrogens with zero attached hydrogens (tertiary/aromatic N) is 1. The number of anilines is 2. The Labute approximate surface area is 269 Å². The smallest absolute Gasteiger partial charge is 0.338 e. The van der Waals surface area contributed by atoms with Crippen LogP contribution >= 0.6 is 11.3 Å². The third-order valence-electron chi connectivity index (χ3n) is 8.17. The molecule has 0 saturated heterocycles. The van der Waals surface area contributed by atoms with Crippen LogP contribution in [0.1, 0.15) is 31.8 Å². The van der Waals surface area contributed by atoms with Crippen molar-refractivity contribution in [3.63, 3.8) is 0 Å². The van der Waals surface area contributed by atoms with Crippen LogP contribution < -0.4 is 20.5 Å². The van der Waals surface area contributed by atoms with Crippen molar-refractivity contribution in [2.75, 3.05) is 25.3 Å². The number of ether oxygens (including phenoxy) is 3. The van der Waals surface area contributed by atoms with Crippen molar-refractivity contribution in [3.8, 4) is 44.2 Å². The number of amides is 1. The predicted molar refractivity (Wildman–Crippen MR) is 182 cm³/mol. The van der Waals surface area contributed by atoms with Crippen LogP contribution in [-0.2, 0) is 11.3 Å². The number of methoxy groups -OCH3 is 2. The van der Waals surface area contributed by atoms with Crippen LogP contribution in [-0.4, -0.2) is 31.1 Å². The standard InChI is InChI=1S/C37H29N3O5S/c1-20-6-9-32-28(13-20)25-16-30(37(42)44-3)26(15-22(25)19-45-32)27-18-33(43-2)31(34-5-4-12-46-34)17-29(27)36(41)40-23-7-8-24-21(14-23)10-11-39-35(24)38/h4-18H,19H2,1-3H3,(H2,38,39)(H,40,41). The van der Waals surface area contributed by atoms with Gasteiger partial charge in [-0.3, -0.25) is 4.79 Å². The van der Waals surface area contributed by atoms with Gasteiger partial charge in [-0.05, 0) is 107 Å². The highest BCUT2D eigenvalue weighted by Crippen LogP contribution is 2.44. The first-order valence-electron chi connectivity index (χ1n) is 14.6. The molecule has 6 aromatic rings. The number of nitrogens with two attached hydrogens (primary N) is 1. The predicted octanol–water partition coefficient (Wildman–Crippen LogP) is 8.13. The number of nitrogen functional groups attached to an aromatic ring is 1. The summed E-state index contributed by atoms with van der Waals surface area (Å²) in [6.07, 6.45) is 1.63. The van der Waals surface area contributed by atoms with Crippen molar-refractivity contribution in [2.24, 2.45) is 0 Å². The van der Waals surface area contributed by atoms with E-state index in [1.165, 1.54) is 18.4 Å². The SMILES string of the molecule is COC(=O)c1cc2c(cc1-c1cc(OC)c(-c3cccs3)cc1C(=O)Nc1ccc3c(N)nccc3c1)COc1ccc(C)cc1-2. The summed E-state index contributed by atoms with van der Waals surface area (Å²) in [4.78, 5) is 32.7. The van der Waals surface area contributed by atoms with E-state index >= 15 is 0 Å². The maximum absolute atomic E-state index is 14.2. The van der Waals surface area contributed by atoms with E-state index in [0.717, 1.165) is 49.2 Å². The Morgan fingerprint density at radius 3 is 2.50 bits per heavy atom. The Hall–Kier alpha value is -5.67. The highest BCUT2D eigenvalue weighted by molar-refractivity contribution is 7.13. The topological polar surface area (TPSA) is 113 Å². The van der Waals surface area contributed by atoms with Gasteiger partial charge in [0.05, 0.1) is 19.8 Å². The number of nitrogens with one attached hydrogen (secondary N) is 1. The molecule has 1 aliphatic rings. The van der Waals surface area contributed by atoms with Gasteiger partial charge in [0.1, 0.15) is 23.9 Å². The third kappa shape index (κ3) is 5.10. The maximum Gasteiger partial charge on any atom is 0.338 e. The van der Waals surface area contributed by atoms with E-state index < -0.39 is 5.97 Å². The maximum atomic E-state index is 14.2. The van der Waals surface area contributed by atoms with Crippen LogP contribution in [0, 0.1) is 6.92 Å². The second-order valence-corrected chi connectivity index (χ2v) is 11.9. The van der Waals surface area contributed by atoms with Crippen molar-refractivity contribution in [1.29, 1.82) is 0 Å². The van der Waals surface area contributed by atoms with Crippen molar-refractivity contribution in [2.45, 2.75) is 13.5 Å². The van der Waals surface area contributed by atoms with Crippen molar-refractivity contribution in [1.82, 2.24) is 4.98 Å². The highest BCUT2D eigenvalue weighted by atomic mass is 32.1. The molecule has 7 rings (SSSR count). The molecule has 0 spiro atoms. The van der Waals surface area contributed by atoms with E-state index in [1.807, 2.05) is 85.1 Å². The number of fused-ring (bicyclic) bond motifs is 4. The van der Waals surface area contributed by atoms with E-state index in [2.05, 4.69) is 10.3 Å². The summed E-state index contributed by atoms with van der Waals surface area (Å²) in [7, 11) is 2.94. The van der Waals surface area contributed by atoms with Crippen molar-refractivity contribution < 1.29 is 23.8 Å². The first-order valence-corrected chi connectivity index (χ1v) is 15.4. The monoisotopic (exact) mass is 627 g/mol. The Balaban J connectivity index is 1.42. The molecule has 1 amide bonds. The first-order chi connectivity index (χ1) is 22.3. The Morgan fingerprint density at radius 1 is 0.891 bits per heavy atom. The average molecular weight is 628 g/mol. The zero-order valence-corrected chi connectivity index (χ0v) is 26.2. The zero-order valence-electron chi connectivity index (χ0n) is 25.3. The summed E-state index contributed by atoms with van der Waals surface area (Å²) in [5, 5.41) is 6.66. The minimum atomic E-state index is -0.521. The van der Waals surface area contributed by atoms with Gasteiger partial charge in [0.25, 0.3) is 5.91 Å². The Morgan fingerprint density at radius 2 is 1.72 bits per heavy atom. The number of carbonyl (C=O) groups is 2. The van der Waals surface area contributed by atoms with Gasteiger partial charge in [-0.25, -0.2) is 9.78 Å². The van der Waals surface area contributed by atoms with E-state index in [-0.39, 0.29) is 5.91 Å². The van der Waals surface area contributed by atoms with E-state index in [0.29, 0.717) is 46.1 Å². The molecule has 2 aromatic heterocycles. The quantitative estimate of drug-likeness (QED) is 0.179. The van der Waals surface area contributed by atoms with Gasteiger partial charge in [-0.15, -0.1) is 11.3 Å². The van der Waals surface area contributed by atoms with Crippen LogP contribution in [0.5, 0.6) is 11.5 Å². The van der Waals surface area contributed by atoms with Crippen LogP contribution in [0.2, 0.25) is 0 Å². The highest BCUT2D eigenvalue weighted by Gasteiger charge is 2.27. The molecule has 1 aliphatic heterocycles. The molecular formula is C37H29N3O5S. The van der Waals surface area contributed by atoms with E-state index in [1.54, 1.807) is 19.4 Å². The summed E-state index contributed by atoms with van der Waals surface area (Å²) >= 11 is 1.54. The summed E-state index contributed by atoms with van der Waals surface area (Å²) in [5.41, 5.74) is 12.9. The lowest BCUT2D eigenvalue weighted by atomic mass is 9.86. The van der Waals surface area contributed by atoms with Gasteiger partial charge in [0.15, 0.2) is 0 Å². The molecule has 228 valence electrons. The van der Waals surface area contributed by atoms with Crippen LogP contribution in [0.4, 0.5) is 11.5 Å². The third-order valence-corrected chi connectivity index (χ3v) is 9.07. The lowest BCUT2D eigenvalue weighted by Gasteiger charge is -2.24. The normalized spacial score (nSPS) is 11.7. The van der Waals surface area contributed by atoms with Gasteiger partial charge in [-0.2, -0.15) is 0 Å². The van der Waals surface area contributed by atoms with Crippen LogP contribution in [0.15, 0.2) is 90.4 Å². The lowest BCUT2D eigenvalue weighted by molar-refractivity contribution is 0.0601. The van der Waals surface area contributed by atoms with Crippen molar-refractivity contribution >= 4 is 45.5 Å². The lowest BCUT2D eigenvalue weighted by Crippen LogP contribution is -2.15. The van der Waals surface area contributed by atoms with Gasteiger partial charge in [-0.1, -0.05) is 17.7 Å². The molecule has 9 heteroatoms. The fourth-order valence-electron chi connectivity index (χ4n) is 5.91. The number of carbonyl (C=O) groups excluding carboxylic acids is 2. The molecule has 0 atom stereocenters. The number of hydrogen-bond acceptors (Lipinski definition) is 8. The molecule has 0 aliphatic carbocycles. The number of thiophene rings is 1. The summed E-state index contributed by atoms with van der Waals surface area (Å²) in [6, 6.07) is 24.6. The van der Waals surface area contributed by atoms with Gasteiger partial charge >= 0.3 is 5.97 Å². The number of aryl methyl sites for hydroxylation is 1. The van der Waals surface area contributed by atoms with Crippen LogP contribution in [0.25, 0.3) is 43.5 Å².